The van der Waals surface area contributed by atoms with Crippen LogP contribution in [0.5, 0.6) is 0 Å². The van der Waals surface area contributed by atoms with Crippen LogP contribution < -0.4 is 0 Å². The molecule has 4 nitrogen and oxygen atoms in total. The van der Waals surface area contributed by atoms with Gasteiger partial charge in [-0.25, -0.2) is 0 Å². The number of rotatable bonds is 3. The Morgan fingerprint density at radius 2 is 1.84 bits per heavy atom. The highest BCUT2D eigenvalue weighted by Crippen LogP contribution is 2.33. The van der Waals surface area contributed by atoms with Crippen molar-refractivity contribution in [1.29, 1.82) is 0 Å². The molecule has 0 saturated heterocycles. The van der Waals surface area contributed by atoms with Gasteiger partial charge in [0.1, 0.15) is 15.4 Å². The van der Waals surface area contributed by atoms with Crippen molar-refractivity contribution in [3.8, 4) is 10.6 Å². The van der Waals surface area contributed by atoms with E-state index in [1.807, 2.05) is 36.4 Å². The number of benzene rings is 1. The average Bonchev–Trinajstić information content (AvgIpc) is 2.98. The first-order chi connectivity index (χ1) is 9.34. The van der Waals surface area contributed by atoms with E-state index in [1.54, 1.807) is 12.4 Å². The van der Waals surface area contributed by atoms with Crippen molar-refractivity contribution >= 4 is 22.9 Å². The van der Waals surface area contributed by atoms with Crippen LogP contribution in [0.15, 0.2) is 48.8 Å². The van der Waals surface area contributed by atoms with Crippen LogP contribution in [0, 0.1) is 0 Å². The van der Waals surface area contributed by atoms with E-state index in [2.05, 4.69) is 20.4 Å². The molecule has 3 aromatic rings. The van der Waals surface area contributed by atoms with Crippen molar-refractivity contribution in [2.75, 3.05) is 0 Å². The fraction of sp³-hybridized carbons (Fsp3) is 0.0769. The molecule has 0 bridgehead atoms. The maximum atomic E-state index is 6.41. The van der Waals surface area contributed by atoms with Crippen LogP contribution in [0.3, 0.4) is 0 Å². The molecule has 1 unspecified atom stereocenters. The van der Waals surface area contributed by atoms with Crippen molar-refractivity contribution in [3.63, 3.8) is 0 Å². The number of alkyl halides is 1. The van der Waals surface area contributed by atoms with E-state index in [0.717, 1.165) is 21.1 Å². The van der Waals surface area contributed by atoms with Gasteiger partial charge in [0, 0.05) is 5.56 Å². The van der Waals surface area contributed by atoms with Crippen LogP contribution in [0.25, 0.3) is 10.6 Å². The average molecular weight is 289 g/mol. The zero-order valence-corrected chi connectivity index (χ0v) is 11.3. The van der Waals surface area contributed by atoms with Crippen LogP contribution in [0.1, 0.15) is 15.9 Å². The first-order valence-electron chi connectivity index (χ1n) is 5.64. The topological polar surface area (TPSA) is 51.6 Å². The number of hydrogen-bond acceptors (Lipinski definition) is 5. The van der Waals surface area contributed by atoms with Gasteiger partial charge in [-0.3, -0.25) is 0 Å². The van der Waals surface area contributed by atoms with Gasteiger partial charge in [-0.05, 0) is 11.6 Å². The summed E-state index contributed by atoms with van der Waals surface area (Å²) in [5.41, 5.74) is 1.91. The van der Waals surface area contributed by atoms with Crippen LogP contribution in [0.2, 0.25) is 0 Å². The molecule has 1 atom stereocenters. The Balaban J connectivity index is 1.90. The largest absolute Gasteiger partial charge is 0.159 e. The lowest BCUT2D eigenvalue weighted by Crippen LogP contribution is -1.91. The highest BCUT2D eigenvalue weighted by Gasteiger charge is 2.16. The second-order valence-electron chi connectivity index (χ2n) is 3.85. The molecule has 0 aliphatic heterocycles. The van der Waals surface area contributed by atoms with Gasteiger partial charge in [0.15, 0.2) is 0 Å². The Morgan fingerprint density at radius 3 is 2.58 bits per heavy atom. The summed E-state index contributed by atoms with van der Waals surface area (Å²) < 4.78 is 0. The van der Waals surface area contributed by atoms with Crippen LogP contribution in [0.4, 0.5) is 0 Å². The molecule has 0 radical (unpaired) electrons. The molecule has 0 amide bonds. The van der Waals surface area contributed by atoms with Crippen molar-refractivity contribution in [3.05, 3.63) is 59.4 Å². The summed E-state index contributed by atoms with van der Waals surface area (Å²) in [5, 5.41) is 17.2. The van der Waals surface area contributed by atoms with Gasteiger partial charge < -0.3 is 0 Å². The number of halogens is 1. The van der Waals surface area contributed by atoms with E-state index in [0.29, 0.717) is 0 Å². The van der Waals surface area contributed by atoms with Crippen LogP contribution in [-0.2, 0) is 0 Å². The highest BCUT2D eigenvalue weighted by molar-refractivity contribution is 7.15. The Hall–Kier alpha value is -1.85. The molecule has 1 aromatic carbocycles. The maximum absolute atomic E-state index is 6.41. The molecule has 0 aliphatic carbocycles. The third-order valence-corrected chi connectivity index (χ3v) is 4.21. The highest BCUT2D eigenvalue weighted by atomic mass is 35.5. The fourth-order valence-electron chi connectivity index (χ4n) is 1.64. The third-order valence-electron chi connectivity index (χ3n) is 2.58. The lowest BCUT2D eigenvalue weighted by atomic mass is 10.1. The van der Waals surface area contributed by atoms with Crippen LogP contribution >= 0.6 is 22.9 Å². The minimum Gasteiger partial charge on any atom is -0.159 e. The van der Waals surface area contributed by atoms with Crippen molar-refractivity contribution in [1.82, 2.24) is 20.4 Å². The van der Waals surface area contributed by atoms with Gasteiger partial charge in [0.05, 0.1) is 12.4 Å². The number of nitrogens with zero attached hydrogens (tertiary/aromatic N) is 4. The van der Waals surface area contributed by atoms with E-state index in [4.69, 9.17) is 11.6 Å². The zero-order chi connectivity index (χ0) is 13.1. The molecule has 0 fully saturated rings. The summed E-state index contributed by atoms with van der Waals surface area (Å²) in [5.74, 6) is 0. The molecular formula is C13H9ClN4S. The van der Waals surface area contributed by atoms with E-state index >= 15 is 0 Å². The molecule has 0 spiro atoms. The Labute approximate surface area is 119 Å². The lowest BCUT2D eigenvalue weighted by molar-refractivity contribution is 0.983. The van der Waals surface area contributed by atoms with E-state index in [9.17, 15) is 0 Å². The van der Waals surface area contributed by atoms with Crippen molar-refractivity contribution in [2.45, 2.75) is 5.38 Å². The van der Waals surface area contributed by atoms with E-state index < -0.39 is 0 Å². The normalized spacial score (nSPS) is 12.3. The SMILES string of the molecule is ClC(c1ccccc1)c1nnc(-c2ccnnc2)s1. The molecule has 2 aromatic heterocycles. The molecule has 94 valence electrons. The Morgan fingerprint density at radius 1 is 1.00 bits per heavy atom. The minimum absolute atomic E-state index is 0.276. The van der Waals surface area contributed by atoms with Crippen molar-refractivity contribution < 1.29 is 0 Å². The summed E-state index contributed by atoms with van der Waals surface area (Å²) in [4.78, 5) is 0. The second kappa shape index (κ2) is 5.42. The number of aromatic nitrogens is 4. The van der Waals surface area contributed by atoms with Crippen LogP contribution in [-0.4, -0.2) is 20.4 Å². The lowest BCUT2D eigenvalue weighted by Gasteiger charge is -2.04. The summed E-state index contributed by atoms with van der Waals surface area (Å²) in [6, 6.07) is 11.7. The van der Waals surface area contributed by atoms with Gasteiger partial charge >= 0.3 is 0 Å². The summed E-state index contributed by atoms with van der Waals surface area (Å²) in [6.45, 7) is 0. The molecule has 0 N–H and O–H groups in total. The van der Waals surface area contributed by atoms with Gasteiger partial charge in [-0.15, -0.1) is 21.8 Å². The summed E-state index contributed by atoms with van der Waals surface area (Å²) >= 11 is 7.88. The predicted octanol–water partition coefficient (Wildman–Crippen LogP) is 3.32. The first-order valence-corrected chi connectivity index (χ1v) is 6.89. The third kappa shape index (κ3) is 2.62. The maximum Gasteiger partial charge on any atom is 0.149 e. The minimum atomic E-state index is -0.276. The second-order valence-corrected chi connectivity index (χ2v) is 5.30. The van der Waals surface area contributed by atoms with E-state index in [1.165, 1.54) is 11.3 Å². The van der Waals surface area contributed by atoms with Crippen molar-refractivity contribution in [2.24, 2.45) is 0 Å². The Kier molecular flexibility index (Phi) is 3.48. The zero-order valence-electron chi connectivity index (χ0n) is 9.77. The Bertz CT molecular complexity index is 657. The van der Waals surface area contributed by atoms with E-state index in [-0.39, 0.29) is 5.38 Å². The number of hydrogen-bond donors (Lipinski definition) is 0. The van der Waals surface area contributed by atoms with Gasteiger partial charge in [-0.2, -0.15) is 10.2 Å². The quantitative estimate of drug-likeness (QED) is 0.694. The van der Waals surface area contributed by atoms with Gasteiger partial charge in [0.25, 0.3) is 0 Å². The summed E-state index contributed by atoms with van der Waals surface area (Å²) in [6.07, 6.45) is 3.29. The summed E-state index contributed by atoms with van der Waals surface area (Å²) in [7, 11) is 0. The van der Waals surface area contributed by atoms with Gasteiger partial charge in [-0.1, -0.05) is 41.7 Å². The predicted molar refractivity (Wildman–Crippen MR) is 75.1 cm³/mol. The molecule has 2 heterocycles. The standard InChI is InChI=1S/C13H9ClN4S/c14-11(9-4-2-1-3-5-9)13-18-17-12(19-13)10-6-7-15-16-8-10/h1-8,11H. The molecular weight excluding hydrogens is 280 g/mol. The monoisotopic (exact) mass is 288 g/mol. The molecule has 0 saturated carbocycles. The smallest absolute Gasteiger partial charge is 0.149 e. The fourth-order valence-corrected chi connectivity index (χ4v) is 2.80. The molecule has 6 heteroatoms. The van der Waals surface area contributed by atoms with Gasteiger partial charge in [0.2, 0.25) is 0 Å². The molecule has 3 rings (SSSR count). The molecule has 19 heavy (non-hydrogen) atoms. The molecule has 0 aliphatic rings. The first kappa shape index (κ1) is 12.2.